The maximum atomic E-state index is 12.6. The summed E-state index contributed by atoms with van der Waals surface area (Å²) in [6.07, 6.45) is 4.92. The topological polar surface area (TPSA) is 47.6 Å². The molecular weight excluding hydrogens is 326 g/mol. The van der Waals surface area contributed by atoms with Gasteiger partial charge >= 0.3 is 6.09 Å². The monoisotopic (exact) mass is 355 g/mol. The summed E-state index contributed by atoms with van der Waals surface area (Å²) < 4.78 is 11.5. The lowest BCUT2D eigenvalue weighted by Crippen LogP contribution is -2.43. The lowest BCUT2D eigenvalue weighted by molar-refractivity contribution is 0.00379. The Morgan fingerprint density at radius 1 is 1.23 bits per heavy atom. The SMILES string of the molecule is COc1cccc2c1CC(NC(=O)OC1CC3CC4(C)C3(C)C14C)CC2. The molecule has 3 saturated carbocycles. The van der Waals surface area contributed by atoms with Crippen LogP contribution in [0.4, 0.5) is 4.79 Å². The number of alkyl carbamates (subject to hydrolysis) is 1. The van der Waals surface area contributed by atoms with Crippen LogP contribution in [0.15, 0.2) is 18.2 Å². The molecule has 1 aromatic rings. The molecule has 0 radical (unpaired) electrons. The highest BCUT2D eigenvalue weighted by molar-refractivity contribution is 5.68. The summed E-state index contributed by atoms with van der Waals surface area (Å²) in [4.78, 5) is 12.6. The molecule has 1 aromatic carbocycles. The molecule has 0 saturated heterocycles. The van der Waals surface area contributed by atoms with Crippen molar-refractivity contribution in [3.63, 3.8) is 0 Å². The third kappa shape index (κ3) is 1.69. The molecule has 1 amide bonds. The number of carbonyl (C=O) groups excluding carboxylic acids is 1. The van der Waals surface area contributed by atoms with Gasteiger partial charge in [0.1, 0.15) is 11.9 Å². The fourth-order valence-electron chi connectivity index (χ4n) is 7.22. The number of fused-ring (bicyclic) bond motifs is 2. The number of nitrogens with one attached hydrogen (secondary N) is 1. The number of benzene rings is 1. The Bertz CT molecular complexity index is 777. The van der Waals surface area contributed by atoms with Crippen molar-refractivity contribution in [3.8, 4) is 5.75 Å². The highest BCUT2D eigenvalue weighted by atomic mass is 16.6. The van der Waals surface area contributed by atoms with Crippen LogP contribution in [0.1, 0.15) is 51.2 Å². The number of aryl methyl sites for hydroxylation is 1. The van der Waals surface area contributed by atoms with Gasteiger partial charge in [0, 0.05) is 11.5 Å². The molecule has 0 bridgehead atoms. The number of hydrogen-bond donors (Lipinski definition) is 1. The summed E-state index contributed by atoms with van der Waals surface area (Å²) in [6.45, 7) is 7.10. The van der Waals surface area contributed by atoms with E-state index in [9.17, 15) is 4.79 Å². The van der Waals surface area contributed by atoms with Crippen LogP contribution in [0.25, 0.3) is 0 Å². The molecule has 6 atom stereocenters. The van der Waals surface area contributed by atoms with Crippen molar-refractivity contribution in [3.05, 3.63) is 29.3 Å². The number of carbonyl (C=O) groups is 1. The maximum Gasteiger partial charge on any atom is 0.407 e. The van der Waals surface area contributed by atoms with E-state index in [2.05, 4.69) is 32.2 Å². The number of hydrogen-bond acceptors (Lipinski definition) is 3. The van der Waals surface area contributed by atoms with Crippen LogP contribution in [-0.2, 0) is 17.6 Å². The van der Waals surface area contributed by atoms with Gasteiger partial charge in [0.15, 0.2) is 0 Å². The lowest BCUT2D eigenvalue weighted by Gasteiger charge is -2.41. The molecule has 0 spiro atoms. The number of methoxy groups -OCH3 is 1. The Balaban J connectivity index is 1.24. The summed E-state index contributed by atoms with van der Waals surface area (Å²) in [7, 11) is 1.71. The summed E-state index contributed by atoms with van der Waals surface area (Å²) in [5.74, 6) is 1.66. The second-order valence-corrected chi connectivity index (χ2v) is 9.45. The molecule has 1 N–H and O–H groups in total. The summed E-state index contributed by atoms with van der Waals surface area (Å²) in [5.41, 5.74) is 3.50. The number of ether oxygens (including phenoxy) is 2. The van der Waals surface area contributed by atoms with Crippen LogP contribution in [0.5, 0.6) is 5.75 Å². The molecule has 6 unspecified atom stereocenters. The van der Waals surface area contributed by atoms with E-state index >= 15 is 0 Å². The third-order valence-electron chi connectivity index (χ3n) is 9.16. The molecule has 0 heterocycles. The van der Waals surface area contributed by atoms with Gasteiger partial charge in [-0.1, -0.05) is 32.9 Å². The van der Waals surface area contributed by atoms with Gasteiger partial charge in [-0.2, -0.15) is 0 Å². The predicted octanol–water partition coefficient (Wildman–Crippen LogP) is 4.10. The number of amides is 1. The Morgan fingerprint density at radius 2 is 2.04 bits per heavy atom. The van der Waals surface area contributed by atoms with Crippen molar-refractivity contribution >= 4 is 6.09 Å². The van der Waals surface area contributed by atoms with E-state index < -0.39 is 0 Å². The van der Waals surface area contributed by atoms with Crippen LogP contribution >= 0.6 is 0 Å². The highest BCUT2D eigenvalue weighted by Gasteiger charge is 2.94. The predicted molar refractivity (Wildman–Crippen MR) is 99.3 cm³/mol. The maximum absolute atomic E-state index is 12.6. The van der Waals surface area contributed by atoms with Gasteiger partial charge in [-0.05, 0) is 66.0 Å². The minimum atomic E-state index is -0.237. The molecule has 0 aromatic heterocycles. The Morgan fingerprint density at radius 3 is 2.73 bits per heavy atom. The van der Waals surface area contributed by atoms with E-state index in [1.165, 1.54) is 17.5 Å². The zero-order valence-corrected chi connectivity index (χ0v) is 16.2. The van der Waals surface area contributed by atoms with Crippen molar-refractivity contribution in [2.45, 2.75) is 65.0 Å². The molecule has 4 aliphatic rings. The molecule has 140 valence electrons. The lowest BCUT2D eigenvalue weighted by atomic mass is 9.64. The van der Waals surface area contributed by atoms with Gasteiger partial charge in [-0.25, -0.2) is 4.79 Å². The average molecular weight is 355 g/mol. The third-order valence-corrected chi connectivity index (χ3v) is 9.16. The second kappa shape index (κ2) is 4.96. The Hall–Kier alpha value is -1.71. The van der Waals surface area contributed by atoms with Crippen LogP contribution in [-0.4, -0.2) is 25.3 Å². The van der Waals surface area contributed by atoms with Gasteiger partial charge in [0.2, 0.25) is 0 Å². The fourth-order valence-corrected chi connectivity index (χ4v) is 7.22. The van der Waals surface area contributed by atoms with Crippen molar-refractivity contribution in [1.82, 2.24) is 5.32 Å². The fraction of sp³-hybridized carbons (Fsp3) is 0.682. The second-order valence-electron chi connectivity index (χ2n) is 9.45. The van der Waals surface area contributed by atoms with Gasteiger partial charge < -0.3 is 14.8 Å². The first-order chi connectivity index (χ1) is 12.3. The smallest absolute Gasteiger partial charge is 0.407 e. The normalized spacial score (nSPS) is 44.4. The van der Waals surface area contributed by atoms with E-state index in [-0.39, 0.29) is 23.7 Å². The van der Waals surface area contributed by atoms with E-state index in [1.807, 2.05) is 12.1 Å². The van der Waals surface area contributed by atoms with Crippen LogP contribution in [0.2, 0.25) is 0 Å². The van der Waals surface area contributed by atoms with Crippen LogP contribution in [0, 0.1) is 22.2 Å². The molecule has 4 nitrogen and oxygen atoms in total. The molecular formula is C22H29NO3. The van der Waals surface area contributed by atoms with E-state index in [4.69, 9.17) is 9.47 Å². The van der Waals surface area contributed by atoms with Crippen LogP contribution < -0.4 is 10.1 Å². The van der Waals surface area contributed by atoms with E-state index in [1.54, 1.807) is 7.11 Å². The molecule has 0 aliphatic heterocycles. The summed E-state index contributed by atoms with van der Waals surface area (Å²) in [6, 6.07) is 6.32. The molecule has 5 rings (SSSR count). The van der Waals surface area contributed by atoms with E-state index in [0.717, 1.165) is 37.4 Å². The standard InChI is InChI=1S/C22H29NO3/c1-20-12-14-10-18(22(20,3)21(14,20)2)26-19(24)23-15-9-8-13-6-5-7-17(25-4)16(13)11-15/h5-7,14-15,18H,8-12H2,1-4H3,(H,23,24). The Kier molecular flexibility index (Phi) is 3.14. The molecule has 4 aliphatic carbocycles. The van der Waals surface area contributed by atoms with Gasteiger partial charge in [-0.3, -0.25) is 0 Å². The van der Waals surface area contributed by atoms with Gasteiger partial charge in [-0.15, -0.1) is 0 Å². The minimum absolute atomic E-state index is 0.0710. The number of rotatable bonds is 3. The average Bonchev–Trinajstić information content (AvgIpc) is 2.82. The van der Waals surface area contributed by atoms with Crippen molar-refractivity contribution in [1.29, 1.82) is 0 Å². The van der Waals surface area contributed by atoms with Gasteiger partial charge in [0.05, 0.1) is 7.11 Å². The zero-order valence-electron chi connectivity index (χ0n) is 16.2. The Labute approximate surface area is 155 Å². The molecule has 4 heteroatoms. The van der Waals surface area contributed by atoms with Crippen molar-refractivity contribution < 1.29 is 14.3 Å². The highest BCUT2D eigenvalue weighted by Crippen LogP contribution is 2.96. The van der Waals surface area contributed by atoms with E-state index in [0.29, 0.717) is 10.8 Å². The quantitative estimate of drug-likeness (QED) is 0.888. The summed E-state index contributed by atoms with van der Waals surface area (Å²) >= 11 is 0. The largest absolute Gasteiger partial charge is 0.496 e. The van der Waals surface area contributed by atoms with Crippen molar-refractivity contribution in [2.24, 2.45) is 22.2 Å². The minimum Gasteiger partial charge on any atom is -0.496 e. The van der Waals surface area contributed by atoms with Crippen LogP contribution in [0.3, 0.4) is 0 Å². The first kappa shape index (κ1) is 16.5. The zero-order chi connectivity index (χ0) is 18.3. The summed E-state index contributed by atoms with van der Waals surface area (Å²) in [5, 5.41) is 3.13. The first-order valence-electron chi connectivity index (χ1n) is 9.97. The van der Waals surface area contributed by atoms with Gasteiger partial charge in [0.25, 0.3) is 0 Å². The first-order valence-corrected chi connectivity index (χ1v) is 9.97. The van der Waals surface area contributed by atoms with Crippen molar-refractivity contribution in [2.75, 3.05) is 7.11 Å². The molecule has 26 heavy (non-hydrogen) atoms. The molecule has 3 fully saturated rings.